The van der Waals surface area contributed by atoms with Gasteiger partial charge in [-0.05, 0) is 28.1 Å². The van der Waals surface area contributed by atoms with Crippen LogP contribution in [-0.2, 0) is 6.54 Å². The Balaban J connectivity index is 1.92. The Kier molecular flexibility index (Phi) is 4.63. The van der Waals surface area contributed by atoms with Crippen molar-refractivity contribution < 1.29 is 19.1 Å². The van der Waals surface area contributed by atoms with Crippen LogP contribution in [0.2, 0.25) is 0 Å². The van der Waals surface area contributed by atoms with E-state index >= 15 is 0 Å². The Labute approximate surface area is 126 Å². The molecule has 2 N–H and O–H groups in total. The van der Waals surface area contributed by atoms with Crippen LogP contribution in [0.1, 0.15) is 20.8 Å². The quantitative estimate of drug-likeness (QED) is 0.841. The van der Waals surface area contributed by atoms with E-state index in [0.717, 1.165) is 0 Å². The first-order valence-corrected chi connectivity index (χ1v) is 6.64. The number of aromatic carboxylic acids is 1. The number of rotatable bonds is 5. The molecule has 0 bridgehead atoms. The maximum atomic E-state index is 13.7. The summed E-state index contributed by atoms with van der Waals surface area (Å²) in [5.74, 6) is -2.38. The molecule has 1 amide bonds. The maximum Gasteiger partial charge on any atom is 0.358 e. The molecule has 0 spiro atoms. The van der Waals surface area contributed by atoms with Crippen LogP contribution in [0.25, 0.3) is 0 Å². The lowest BCUT2D eigenvalue weighted by atomic mass is 10.2. The summed E-state index contributed by atoms with van der Waals surface area (Å²) in [6, 6.07) is 4.42. The minimum Gasteiger partial charge on any atom is -0.476 e. The largest absolute Gasteiger partial charge is 0.476 e. The van der Waals surface area contributed by atoms with Crippen molar-refractivity contribution in [1.29, 1.82) is 0 Å². The molecular formula is C12H10BrFN4O3. The number of hydrogen-bond donors (Lipinski definition) is 2. The molecule has 1 heterocycles. The third-order valence-corrected chi connectivity index (χ3v) is 3.19. The highest BCUT2D eigenvalue weighted by Crippen LogP contribution is 2.18. The van der Waals surface area contributed by atoms with Gasteiger partial charge in [0.05, 0.1) is 22.8 Å². The smallest absolute Gasteiger partial charge is 0.358 e. The van der Waals surface area contributed by atoms with Crippen LogP contribution >= 0.6 is 15.9 Å². The number of halogens is 2. The predicted molar refractivity (Wildman–Crippen MR) is 73.4 cm³/mol. The second kappa shape index (κ2) is 6.44. The highest BCUT2D eigenvalue weighted by atomic mass is 79.9. The van der Waals surface area contributed by atoms with Crippen molar-refractivity contribution in [3.8, 4) is 0 Å². The summed E-state index contributed by atoms with van der Waals surface area (Å²) in [5, 5.41) is 18.2. The van der Waals surface area contributed by atoms with Gasteiger partial charge in [-0.2, -0.15) is 0 Å². The van der Waals surface area contributed by atoms with Gasteiger partial charge in [0.25, 0.3) is 5.91 Å². The zero-order chi connectivity index (χ0) is 15.4. The third kappa shape index (κ3) is 3.63. The molecule has 0 radical (unpaired) electrons. The molecular weight excluding hydrogens is 347 g/mol. The second-order valence-corrected chi connectivity index (χ2v) is 4.88. The molecule has 1 aromatic carbocycles. The zero-order valence-corrected chi connectivity index (χ0v) is 12.2. The lowest BCUT2D eigenvalue weighted by Gasteiger charge is -2.06. The van der Waals surface area contributed by atoms with E-state index in [1.54, 1.807) is 6.07 Å². The molecule has 0 saturated carbocycles. The van der Waals surface area contributed by atoms with Gasteiger partial charge in [-0.1, -0.05) is 11.3 Å². The van der Waals surface area contributed by atoms with Crippen LogP contribution in [0.3, 0.4) is 0 Å². The van der Waals surface area contributed by atoms with Crippen molar-refractivity contribution in [3.05, 3.63) is 45.9 Å². The molecule has 7 nitrogen and oxygen atoms in total. The molecule has 0 saturated heterocycles. The van der Waals surface area contributed by atoms with Crippen molar-refractivity contribution in [2.45, 2.75) is 6.54 Å². The minimum absolute atomic E-state index is 0.0748. The fourth-order valence-electron chi connectivity index (χ4n) is 1.56. The summed E-state index contributed by atoms with van der Waals surface area (Å²) in [5.41, 5.74) is -0.256. The van der Waals surface area contributed by atoms with Gasteiger partial charge in [0.15, 0.2) is 5.69 Å². The van der Waals surface area contributed by atoms with E-state index in [9.17, 15) is 14.0 Å². The van der Waals surface area contributed by atoms with E-state index in [-0.39, 0.29) is 28.8 Å². The Morgan fingerprint density at radius 1 is 1.43 bits per heavy atom. The van der Waals surface area contributed by atoms with E-state index in [4.69, 9.17) is 5.11 Å². The zero-order valence-electron chi connectivity index (χ0n) is 10.6. The van der Waals surface area contributed by atoms with Crippen LogP contribution < -0.4 is 5.32 Å². The van der Waals surface area contributed by atoms with Gasteiger partial charge in [0.2, 0.25) is 0 Å². The third-order valence-electron chi connectivity index (χ3n) is 2.58. The summed E-state index contributed by atoms with van der Waals surface area (Å²) >= 11 is 3.00. The number of carbonyl (C=O) groups excluding carboxylic acids is 1. The van der Waals surface area contributed by atoms with E-state index in [0.29, 0.717) is 0 Å². The molecule has 9 heteroatoms. The average Bonchev–Trinajstić information content (AvgIpc) is 2.91. The molecule has 2 aromatic rings. The molecule has 1 aromatic heterocycles. The molecule has 2 rings (SSSR count). The number of nitrogens with zero attached hydrogens (tertiary/aromatic N) is 3. The predicted octanol–water partition coefficient (Wildman–Crippen LogP) is 1.31. The number of carbonyl (C=O) groups is 2. The summed E-state index contributed by atoms with van der Waals surface area (Å²) in [6.07, 6.45) is 1.24. The molecule has 21 heavy (non-hydrogen) atoms. The maximum absolute atomic E-state index is 13.7. The first-order valence-electron chi connectivity index (χ1n) is 5.84. The summed E-state index contributed by atoms with van der Waals surface area (Å²) in [4.78, 5) is 22.4. The SMILES string of the molecule is O=C(O)c1cn(CCNC(=O)c2cccc(Br)c2F)nn1. The van der Waals surface area contributed by atoms with Gasteiger partial charge in [-0.3, -0.25) is 4.79 Å². The van der Waals surface area contributed by atoms with Crippen molar-refractivity contribution in [3.63, 3.8) is 0 Å². The summed E-state index contributed by atoms with van der Waals surface area (Å²) in [6.45, 7) is 0.384. The van der Waals surface area contributed by atoms with Crippen molar-refractivity contribution >= 4 is 27.8 Å². The van der Waals surface area contributed by atoms with E-state index in [2.05, 4.69) is 31.6 Å². The number of amides is 1. The molecule has 0 atom stereocenters. The number of nitrogens with one attached hydrogen (secondary N) is 1. The Morgan fingerprint density at radius 3 is 2.86 bits per heavy atom. The number of aromatic nitrogens is 3. The Bertz CT molecular complexity index is 689. The van der Waals surface area contributed by atoms with Crippen LogP contribution in [-0.4, -0.2) is 38.5 Å². The lowest BCUT2D eigenvalue weighted by molar-refractivity contribution is 0.0690. The monoisotopic (exact) mass is 356 g/mol. The molecule has 0 unspecified atom stereocenters. The normalized spacial score (nSPS) is 10.4. The van der Waals surface area contributed by atoms with Crippen molar-refractivity contribution in [2.24, 2.45) is 0 Å². The first kappa shape index (κ1) is 15.1. The van der Waals surface area contributed by atoms with Gasteiger partial charge < -0.3 is 10.4 Å². The molecule has 110 valence electrons. The van der Waals surface area contributed by atoms with E-state index in [1.165, 1.54) is 23.0 Å². The number of carboxylic acids is 1. The van der Waals surface area contributed by atoms with Gasteiger partial charge in [0.1, 0.15) is 5.82 Å². The highest BCUT2D eigenvalue weighted by molar-refractivity contribution is 9.10. The number of benzene rings is 1. The second-order valence-electron chi connectivity index (χ2n) is 4.03. The standard InChI is InChI=1S/C12H10BrFN4O3/c13-8-3-1-2-7(10(8)14)11(19)15-4-5-18-6-9(12(20)21)16-17-18/h1-3,6H,4-5H2,(H,15,19)(H,20,21). The minimum atomic E-state index is -1.18. The number of carboxylic acid groups (broad SMARTS) is 1. The van der Waals surface area contributed by atoms with Gasteiger partial charge in [-0.25, -0.2) is 13.9 Å². The van der Waals surface area contributed by atoms with Crippen LogP contribution in [0.5, 0.6) is 0 Å². The highest BCUT2D eigenvalue weighted by Gasteiger charge is 2.13. The van der Waals surface area contributed by atoms with Crippen LogP contribution in [0, 0.1) is 5.82 Å². The Hall–Kier alpha value is -2.29. The topological polar surface area (TPSA) is 97.1 Å². The van der Waals surface area contributed by atoms with Crippen molar-refractivity contribution in [1.82, 2.24) is 20.3 Å². The van der Waals surface area contributed by atoms with Gasteiger partial charge in [0, 0.05) is 6.54 Å². The first-order chi connectivity index (χ1) is 9.99. The van der Waals surface area contributed by atoms with Gasteiger partial charge in [-0.15, -0.1) is 5.10 Å². The fourth-order valence-corrected chi connectivity index (χ4v) is 1.93. The van der Waals surface area contributed by atoms with E-state index in [1.807, 2.05) is 0 Å². The molecule has 0 fully saturated rings. The number of hydrogen-bond acceptors (Lipinski definition) is 4. The summed E-state index contributed by atoms with van der Waals surface area (Å²) < 4.78 is 15.2. The summed E-state index contributed by atoms with van der Waals surface area (Å²) in [7, 11) is 0. The van der Waals surface area contributed by atoms with Crippen LogP contribution in [0.15, 0.2) is 28.9 Å². The fraction of sp³-hybridized carbons (Fsp3) is 0.167. The Morgan fingerprint density at radius 2 is 2.19 bits per heavy atom. The van der Waals surface area contributed by atoms with Crippen LogP contribution in [0.4, 0.5) is 4.39 Å². The van der Waals surface area contributed by atoms with Crippen molar-refractivity contribution in [2.75, 3.05) is 6.54 Å². The van der Waals surface area contributed by atoms with E-state index < -0.39 is 17.7 Å². The molecule has 0 aliphatic carbocycles. The lowest BCUT2D eigenvalue weighted by Crippen LogP contribution is -2.28. The van der Waals surface area contributed by atoms with Gasteiger partial charge >= 0.3 is 5.97 Å². The average molecular weight is 357 g/mol. The molecule has 0 aliphatic heterocycles. The molecule has 0 aliphatic rings.